The molecule has 0 aromatic carbocycles. The van der Waals surface area contributed by atoms with E-state index in [9.17, 15) is 4.79 Å². The van der Waals surface area contributed by atoms with Crippen molar-refractivity contribution < 1.29 is 4.79 Å². The van der Waals surface area contributed by atoms with Crippen LogP contribution in [0.2, 0.25) is 0 Å². The molecule has 1 heterocycles. The van der Waals surface area contributed by atoms with Crippen molar-refractivity contribution in [2.24, 2.45) is 0 Å². The van der Waals surface area contributed by atoms with Crippen molar-refractivity contribution in [3.63, 3.8) is 0 Å². The number of urea groups is 1. The lowest BCUT2D eigenvalue weighted by molar-refractivity contribution is 0.186. The van der Waals surface area contributed by atoms with Crippen LogP contribution in [-0.4, -0.2) is 43.2 Å². The van der Waals surface area contributed by atoms with Gasteiger partial charge < -0.3 is 15.5 Å². The quantitative estimate of drug-likeness (QED) is 0.731. The molecule has 2 N–H and O–H groups in total. The van der Waals surface area contributed by atoms with Gasteiger partial charge in [0.05, 0.1) is 0 Å². The van der Waals surface area contributed by atoms with E-state index in [1.165, 1.54) is 25.7 Å². The van der Waals surface area contributed by atoms with Gasteiger partial charge in [-0.3, -0.25) is 0 Å². The molecule has 1 aliphatic carbocycles. The van der Waals surface area contributed by atoms with Crippen molar-refractivity contribution in [3.05, 3.63) is 0 Å². The summed E-state index contributed by atoms with van der Waals surface area (Å²) >= 11 is 0. The number of nitrogens with one attached hydrogen (secondary N) is 2. The number of hydrogen-bond donors (Lipinski definition) is 2. The second-order valence-electron chi connectivity index (χ2n) is 5.23. The van der Waals surface area contributed by atoms with E-state index in [1.54, 1.807) is 0 Å². The highest BCUT2D eigenvalue weighted by Crippen LogP contribution is 2.17. The summed E-state index contributed by atoms with van der Waals surface area (Å²) in [6, 6.07) is 0.579. The zero-order valence-electron chi connectivity index (χ0n) is 10.7. The first-order valence-electron chi connectivity index (χ1n) is 7.12. The van der Waals surface area contributed by atoms with Crippen LogP contribution in [-0.2, 0) is 0 Å². The topological polar surface area (TPSA) is 44.4 Å². The van der Waals surface area contributed by atoms with Crippen LogP contribution in [0.4, 0.5) is 4.79 Å². The summed E-state index contributed by atoms with van der Waals surface area (Å²) in [7, 11) is 0. The molecule has 17 heavy (non-hydrogen) atoms. The first-order valence-corrected chi connectivity index (χ1v) is 7.12. The molecule has 1 saturated heterocycles. The molecule has 2 aliphatic rings. The molecule has 0 atom stereocenters. The molecule has 2 amide bonds. The molecule has 0 aromatic rings. The van der Waals surface area contributed by atoms with Gasteiger partial charge in [-0.05, 0) is 32.2 Å². The second-order valence-corrected chi connectivity index (χ2v) is 5.23. The van der Waals surface area contributed by atoms with Gasteiger partial charge in [-0.2, -0.15) is 0 Å². The van der Waals surface area contributed by atoms with Crippen LogP contribution in [0.5, 0.6) is 0 Å². The van der Waals surface area contributed by atoms with Gasteiger partial charge in [-0.25, -0.2) is 4.79 Å². The Kier molecular flexibility index (Phi) is 5.10. The molecule has 2 rings (SSSR count). The number of carbonyl (C=O) groups is 1. The maximum Gasteiger partial charge on any atom is 0.317 e. The zero-order chi connectivity index (χ0) is 11.9. The van der Waals surface area contributed by atoms with E-state index in [0.717, 1.165) is 45.4 Å². The maximum absolute atomic E-state index is 12.1. The monoisotopic (exact) mass is 239 g/mol. The lowest BCUT2D eigenvalue weighted by Gasteiger charge is -2.29. The highest BCUT2D eigenvalue weighted by atomic mass is 16.2. The van der Waals surface area contributed by atoms with Gasteiger partial charge in [-0.1, -0.05) is 19.3 Å². The summed E-state index contributed by atoms with van der Waals surface area (Å²) in [6.07, 6.45) is 8.49. The van der Waals surface area contributed by atoms with Crippen molar-refractivity contribution >= 4 is 6.03 Å². The Morgan fingerprint density at radius 2 is 1.82 bits per heavy atom. The molecule has 0 spiro atoms. The SMILES string of the molecule is O=C(NC1CCCCC1)N1CCCCNCC1. The Hall–Kier alpha value is -0.770. The Bertz CT molecular complexity index is 231. The average Bonchev–Trinajstić information content (AvgIpc) is 2.29. The van der Waals surface area contributed by atoms with Crippen molar-refractivity contribution in [1.29, 1.82) is 0 Å². The predicted octanol–water partition coefficient (Wildman–Crippen LogP) is 1.71. The Labute approximate surface area is 104 Å². The fourth-order valence-electron chi connectivity index (χ4n) is 2.72. The third-order valence-electron chi connectivity index (χ3n) is 3.81. The molecule has 0 bridgehead atoms. The van der Waals surface area contributed by atoms with E-state index in [0.29, 0.717) is 6.04 Å². The molecule has 1 saturated carbocycles. The number of hydrogen-bond acceptors (Lipinski definition) is 2. The predicted molar refractivity (Wildman–Crippen MR) is 69.1 cm³/mol. The van der Waals surface area contributed by atoms with Crippen molar-refractivity contribution in [3.8, 4) is 0 Å². The molecule has 2 fully saturated rings. The molecule has 4 heteroatoms. The number of nitrogens with zero attached hydrogens (tertiary/aromatic N) is 1. The standard InChI is InChI=1S/C13H25N3O/c17-13(15-12-6-2-1-3-7-12)16-10-5-4-8-14-9-11-16/h12,14H,1-11H2,(H,15,17). The third kappa shape index (κ3) is 4.19. The van der Waals surface area contributed by atoms with Crippen molar-refractivity contribution in [2.75, 3.05) is 26.2 Å². The smallest absolute Gasteiger partial charge is 0.317 e. The van der Waals surface area contributed by atoms with Crippen LogP contribution < -0.4 is 10.6 Å². The fourth-order valence-corrected chi connectivity index (χ4v) is 2.72. The molecule has 0 radical (unpaired) electrons. The molecule has 4 nitrogen and oxygen atoms in total. The van der Waals surface area contributed by atoms with Gasteiger partial charge in [0.25, 0.3) is 0 Å². The normalized spacial score (nSPS) is 23.9. The van der Waals surface area contributed by atoms with Crippen LogP contribution >= 0.6 is 0 Å². The molecule has 0 aromatic heterocycles. The largest absolute Gasteiger partial charge is 0.335 e. The minimum absolute atomic E-state index is 0.153. The van der Waals surface area contributed by atoms with Gasteiger partial charge in [0, 0.05) is 25.7 Å². The molecular weight excluding hydrogens is 214 g/mol. The van der Waals surface area contributed by atoms with Gasteiger partial charge in [-0.15, -0.1) is 0 Å². The Morgan fingerprint density at radius 1 is 1.00 bits per heavy atom. The van der Waals surface area contributed by atoms with E-state index >= 15 is 0 Å². The third-order valence-corrected chi connectivity index (χ3v) is 3.81. The second kappa shape index (κ2) is 6.84. The lowest BCUT2D eigenvalue weighted by atomic mass is 9.96. The van der Waals surface area contributed by atoms with E-state index in [1.807, 2.05) is 4.90 Å². The Balaban J connectivity index is 1.76. The molecular formula is C13H25N3O. The molecule has 1 aliphatic heterocycles. The van der Waals surface area contributed by atoms with Gasteiger partial charge >= 0.3 is 6.03 Å². The van der Waals surface area contributed by atoms with Gasteiger partial charge in [0.1, 0.15) is 0 Å². The molecule has 98 valence electrons. The summed E-state index contributed by atoms with van der Waals surface area (Å²) in [5.74, 6) is 0. The highest BCUT2D eigenvalue weighted by molar-refractivity contribution is 5.74. The van der Waals surface area contributed by atoms with E-state index in [2.05, 4.69) is 10.6 Å². The number of rotatable bonds is 1. The van der Waals surface area contributed by atoms with Crippen LogP contribution in [0, 0.1) is 0 Å². The zero-order valence-corrected chi connectivity index (χ0v) is 10.7. The first kappa shape index (κ1) is 12.7. The van der Waals surface area contributed by atoms with Crippen LogP contribution in [0.1, 0.15) is 44.9 Å². The maximum atomic E-state index is 12.1. The Morgan fingerprint density at radius 3 is 2.65 bits per heavy atom. The summed E-state index contributed by atoms with van der Waals surface area (Å²) in [6.45, 7) is 3.79. The van der Waals surface area contributed by atoms with Gasteiger partial charge in [0.2, 0.25) is 0 Å². The summed E-state index contributed by atoms with van der Waals surface area (Å²) < 4.78 is 0. The summed E-state index contributed by atoms with van der Waals surface area (Å²) in [5.41, 5.74) is 0. The lowest BCUT2D eigenvalue weighted by Crippen LogP contribution is -2.48. The van der Waals surface area contributed by atoms with Gasteiger partial charge in [0.15, 0.2) is 0 Å². The van der Waals surface area contributed by atoms with E-state index < -0.39 is 0 Å². The number of amides is 2. The first-order chi connectivity index (χ1) is 8.36. The summed E-state index contributed by atoms with van der Waals surface area (Å²) in [4.78, 5) is 14.1. The number of carbonyl (C=O) groups excluding carboxylic acids is 1. The molecule has 0 unspecified atom stereocenters. The van der Waals surface area contributed by atoms with Crippen molar-refractivity contribution in [1.82, 2.24) is 15.5 Å². The minimum atomic E-state index is 0.153. The fraction of sp³-hybridized carbons (Fsp3) is 0.923. The minimum Gasteiger partial charge on any atom is -0.335 e. The highest BCUT2D eigenvalue weighted by Gasteiger charge is 2.19. The summed E-state index contributed by atoms with van der Waals surface area (Å²) in [5, 5.41) is 6.55. The van der Waals surface area contributed by atoms with Crippen LogP contribution in [0.25, 0.3) is 0 Å². The van der Waals surface area contributed by atoms with Crippen molar-refractivity contribution in [2.45, 2.75) is 51.0 Å². The van der Waals surface area contributed by atoms with E-state index in [4.69, 9.17) is 0 Å². The van der Waals surface area contributed by atoms with E-state index in [-0.39, 0.29) is 6.03 Å². The van der Waals surface area contributed by atoms with Crippen LogP contribution in [0.15, 0.2) is 0 Å². The average molecular weight is 239 g/mol. The van der Waals surface area contributed by atoms with Crippen LogP contribution in [0.3, 0.4) is 0 Å².